The molecule has 0 aliphatic rings. The van der Waals surface area contributed by atoms with E-state index in [0.29, 0.717) is 32.2 Å². The largest absolute Gasteiger partial charge is 0.418 e. The molecule has 4 rings (SSSR count). The molecular weight excluding hydrogens is 562 g/mol. The van der Waals surface area contributed by atoms with Gasteiger partial charge >= 0.3 is 6.18 Å². The number of alkyl halides is 3. The summed E-state index contributed by atoms with van der Waals surface area (Å²) in [5.74, 6) is 0. The van der Waals surface area contributed by atoms with Gasteiger partial charge < -0.3 is 15.2 Å². The summed E-state index contributed by atoms with van der Waals surface area (Å²) < 4.78 is 41.5. The molecule has 0 saturated heterocycles. The lowest BCUT2D eigenvalue weighted by molar-refractivity contribution is -0.260. The normalized spacial score (nSPS) is 13.8. The second-order valence-electron chi connectivity index (χ2n) is 10.9. The molecule has 0 saturated carbocycles. The van der Waals surface area contributed by atoms with Crippen molar-refractivity contribution in [2.75, 3.05) is 11.9 Å². The van der Waals surface area contributed by atoms with Crippen molar-refractivity contribution >= 4 is 46.1 Å². The molecule has 10 heteroatoms. The third-order valence-corrected chi connectivity index (χ3v) is 7.33. The van der Waals surface area contributed by atoms with Crippen LogP contribution < -0.4 is 5.32 Å². The molecule has 0 spiro atoms. The number of nitrogens with zero attached hydrogens (tertiary/aromatic N) is 1. The van der Waals surface area contributed by atoms with E-state index in [1.165, 1.54) is 6.20 Å². The number of benzene rings is 3. The van der Waals surface area contributed by atoms with Gasteiger partial charge in [0.05, 0.1) is 18.3 Å². The molecular formula is C30H32Cl2F3N3O2. The van der Waals surface area contributed by atoms with Crippen LogP contribution in [0.2, 0.25) is 10.0 Å². The monoisotopic (exact) mass is 593 g/mol. The van der Waals surface area contributed by atoms with Crippen LogP contribution in [0, 0.1) is 0 Å². The van der Waals surface area contributed by atoms with Gasteiger partial charge in [0, 0.05) is 26.5 Å². The minimum atomic E-state index is -4.81. The fraction of sp³-hybridized carbons (Fsp3) is 0.333. The first-order chi connectivity index (χ1) is 18.6. The average molecular weight is 595 g/mol. The summed E-state index contributed by atoms with van der Waals surface area (Å²) in [4.78, 5) is 10.7. The lowest BCUT2D eigenvalue weighted by Crippen LogP contribution is -2.53. The Morgan fingerprint density at radius 2 is 1.45 bits per heavy atom. The van der Waals surface area contributed by atoms with Crippen molar-refractivity contribution < 1.29 is 23.1 Å². The molecule has 3 N–H and O–H groups in total. The Kier molecular flexibility index (Phi) is 9.60. The van der Waals surface area contributed by atoms with Gasteiger partial charge in [-0.15, -0.1) is 0 Å². The minimum absolute atomic E-state index is 0.412. The SMILES string of the molecule is CC(C)(C=O)c1ccc(Cl)cc1.CC(C)(CC(O)(CNc1cccc2[nH]ncc12)C(F)(F)F)c1ccc(Cl)cc1. The Labute approximate surface area is 241 Å². The number of aromatic amines is 1. The van der Waals surface area contributed by atoms with Crippen LogP contribution in [0.5, 0.6) is 0 Å². The van der Waals surface area contributed by atoms with Gasteiger partial charge in [-0.05, 0) is 73.2 Å². The maximum absolute atomic E-state index is 13.8. The number of hydrogen-bond donors (Lipinski definition) is 3. The van der Waals surface area contributed by atoms with Gasteiger partial charge in [-0.3, -0.25) is 5.10 Å². The number of aliphatic hydroxyl groups is 1. The molecule has 3 aromatic carbocycles. The standard InChI is InChI=1S/C20H21ClF3N3O.C10H11ClO/c1-18(2,13-6-8-14(21)9-7-13)11-19(28,20(22,23)24)12-25-16-4-3-5-17-15(16)10-26-27-17;1-10(2,7-12)8-3-5-9(11)6-4-8/h3-10,25,28H,11-12H2,1-2H3,(H,26,27);3-7H,1-2H3. The average Bonchev–Trinajstić information content (AvgIpc) is 3.37. The molecule has 4 aromatic rings. The molecule has 0 aliphatic heterocycles. The summed E-state index contributed by atoms with van der Waals surface area (Å²) in [6, 6.07) is 19.1. The van der Waals surface area contributed by atoms with E-state index in [1.807, 2.05) is 26.0 Å². The fourth-order valence-electron chi connectivity index (χ4n) is 4.31. The third-order valence-electron chi connectivity index (χ3n) is 6.83. The van der Waals surface area contributed by atoms with E-state index in [0.717, 1.165) is 11.8 Å². The number of aromatic nitrogens is 2. The maximum atomic E-state index is 13.8. The first kappa shape index (κ1) is 31.5. The van der Waals surface area contributed by atoms with Crippen LogP contribution in [-0.2, 0) is 15.6 Å². The second kappa shape index (κ2) is 12.2. The lowest BCUT2D eigenvalue weighted by atomic mass is 9.75. The summed E-state index contributed by atoms with van der Waals surface area (Å²) >= 11 is 11.6. The summed E-state index contributed by atoms with van der Waals surface area (Å²) in [5, 5.41) is 21.9. The zero-order valence-corrected chi connectivity index (χ0v) is 24.1. The number of aldehydes is 1. The first-order valence-electron chi connectivity index (χ1n) is 12.5. The van der Waals surface area contributed by atoms with Gasteiger partial charge in [0.15, 0.2) is 5.60 Å². The van der Waals surface area contributed by atoms with Crippen LogP contribution in [0.15, 0.2) is 72.9 Å². The number of rotatable bonds is 8. The molecule has 40 heavy (non-hydrogen) atoms. The molecule has 0 aliphatic carbocycles. The quantitative estimate of drug-likeness (QED) is 0.180. The second-order valence-corrected chi connectivity index (χ2v) is 11.8. The van der Waals surface area contributed by atoms with Crippen molar-refractivity contribution in [3.8, 4) is 0 Å². The summed E-state index contributed by atoms with van der Waals surface area (Å²) in [6.07, 6.45) is -2.86. The number of hydrogen-bond acceptors (Lipinski definition) is 4. The van der Waals surface area contributed by atoms with E-state index in [4.69, 9.17) is 23.2 Å². The Bertz CT molecular complexity index is 1420. The Hall–Kier alpha value is -3.07. The van der Waals surface area contributed by atoms with Gasteiger partial charge in [0.2, 0.25) is 0 Å². The molecule has 0 fully saturated rings. The van der Waals surface area contributed by atoms with Crippen molar-refractivity contribution in [3.63, 3.8) is 0 Å². The highest BCUT2D eigenvalue weighted by Gasteiger charge is 2.55. The van der Waals surface area contributed by atoms with E-state index < -0.39 is 35.6 Å². The van der Waals surface area contributed by atoms with Crippen molar-refractivity contribution in [2.24, 2.45) is 0 Å². The molecule has 214 valence electrons. The number of fused-ring (bicyclic) bond motifs is 1. The van der Waals surface area contributed by atoms with Gasteiger partial charge in [-0.25, -0.2) is 0 Å². The predicted molar refractivity (Wildman–Crippen MR) is 155 cm³/mol. The third kappa shape index (κ3) is 7.56. The minimum Gasteiger partial charge on any atom is -0.381 e. The van der Waals surface area contributed by atoms with E-state index >= 15 is 0 Å². The van der Waals surface area contributed by atoms with Gasteiger partial charge in [0.1, 0.15) is 6.29 Å². The first-order valence-corrected chi connectivity index (χ1v) is 13.3. The predicted octanol–water partition coefficient (Wildman–Crippen LogP) is 8.11. The number of halogens is 5. The Balaban J connectivity index is 0.000000307. The number of nitrogens with one attached hydrogen (secondary N) is 2. The molecule has 0 bridgehead atoms. The Morgan fingerprint density at radius 1 is 0.900 bits per heavy atom. The van der Waals surface area contributed by atoms with Crippen LogP contribution in [0.25, 0.3) is 10.9 Å². The van der Waals surface area contributed by atoms with Crippen LogP contribution in [0.1, 0.15) is 45.2 Å². The molecule has 1 atom stereocenters. The van der Waals surface area contributed by atoms with Gasteiger partial charge in [-0.1, -0.05) is 67.4 Å². The molecule has 1 heterocycles. The smallest absolute Gasteiger partial charge is 0.381 e. The summed E-state index contributed by atoms with van der Waals surface area (Å²) in [5.41, 5.74) is -1.45. The van der Waals surface area contributed by atoms with Crippen LogP contribution >= 0.6 is 23.2 Å². The summed E-state index contributed by atoms with van der Waals surface area (Å²) in [6.45, 7) is 6.41. The van der Waals surface area contributed by atoms with Crippen LogP contribution in [0.4, 0.5) is 18.9 Å². The molecule has 0 amide bonds. The van der Waals surface area contributed by atoms with Crippen LogP contribution in [0.3, 0.4) is 0 Å². The highest BCUT2D eigenvalue weighted by atomic mass is 35.5. The van der Waals surface area contributed by atoms with Crippen molar-refractivity contribution in [1.82, 2.24) is 10.2 Å². The van der Waals surface area contributed by atoms with Crippen LogP contribution in [-0.4, -0.2) is 39.9 Å². The van der Waals surface area contributed by atoms with Crippen molar-refractivity contribution in [3.05, 3.63) is 94.1 Å². The summed E-state index contributed by atoms with van der Waals surface area (Å²) in [7, 11) is 0. The topological polar surface area (TPSA) is 78.0 Å². The maximum Gasteiger partial charge on any atom is 0.418 e. The lowest BCUT2D eigenvalue weighted by Gasteiger charge is -2.38. The van der Waals surface area contributed by atoms with Gasteiger partial charge in [0.25, 0.3) is 0 Å². The fourth-order valence-corrected chi connectivity index (χ4v) is 4.56. The van der Waals surface area contributed by atoms with Gasteiger partial charge in [-0.2, -0.15) is 18.3 Å². The van der Waals surface area contributed by atoms with Crippen molar-refractivity contribution in [1.29, 1.82) is 0 Å². The van der Waals surface area contributed by atoms with E-state index in [1.54, 1.807) is 68.4 Å². The molecule has 5 nitrogen and oxygen atoms in total. The zero-order valence-electron chi connectivity index (χ0n) is 22.6. The Morgan fingerprint density at radius 3 is 1.98 bits per heavy atom. The number of carbonyl (C=O) groups excluding carboxylic acids is 1. The number of carbonyl (C=O) groups is 1. The number of H-pyrrole nitrogens is 1. The highest BCUT2D eigenvalue weighted by molar-refractivity contribution is 6.30. The van der Waals surface area contributed by atoms with Crippen molar-refractivity contribution in [2.45, 2.75) is 56.7 Å². The molecule has 1 aromatic heterocycles. The van der Waals surface area contributed by atoms with E-state index in [2.05, 4.69) is 15.5 Å². The number of anilines is 1. The van der Waals surface area contributed by atoms with E-state index in [-0.39, 0.29) is 0 Å². The molecule has 1 unspecified atom stereocenters. The molecule has 0 radical (unpaired) electrons. The zero-order chi connectivity index (χ0) is 29.8. The highest BCUT2D eigenvalue weighted by Crippen LogP contribution is 2.41. The van der Waals surface area contributed by atoms with E-state index in [9.17, 15) is 23.1 Å².